The van der Waals surface area contributed by atoms with Crippen LogP contribution in [0, 0.1) is 0 Å². The van der Waals surface area contributed by atoms with Crippen LogP contribution in [0.2, 0.25) is 0 Å². The number of nitrogen functional groups attached to an aromatic ring is 1. The number of piperidine rings is 1. The molecule has 1 aliphatic heterocycles. The molecule has 148 valence electrons. The van der Waals surface area contributed by atoms with Gasteiger partial charge in [0.25, 0.3) is 5.91 Å². The maximum atomic E-state index is 13.1. The fraction of sp³-hybridized carbons (Fsp3) is 0.316. The van der Waals surface area contributed by atoms with E-state index in [0.29, 0.717) is 36.2 Å². The van der Waals surface area contributed by atoms with Gasteiger partial charge in [0.15, 0.2) is 11.5 Å². The highest BCUT2D eigenvalue weighted by molar-refractivity contribution is 5.97. The van der Waals surface area contributed by atoms with E-state index in [1.807, 2.05) is 6.07 Å². The van der Waals surface area contributed by atoms with Crippen LogP contribution in [0.4, 0.5) is 5.82 Å². The van der Waals surface area contributed by atoms with Crippen LogP contribution in [-0.2, 0) is 0 Å². The molecule has 0 radical (unpaired) electrons. The molecule has 4 aromatic rings. The van der Waals surface area contributed by atoms with Crippen molar-refractivity contribution in [2.24, 2.45) is 0 Å². The Morgan fingerprint density at radius 1 is 1.31 bits per heavy atom. The van der Waals surface area contributed by atoms with E-state index in [2.05, 4.69) is 24.9 Å². The smallest absolute Gasteiger partial charge is 0.254 e. The van der Waals surface area contributed by atoms with E-state index in [9.17, 15) is 9.90 Å². The molecular weight excluding hydrogens is 372 g/mol. The van der Waals surface area contributed by atoms with Gasteiger partial charge in [-0.15, -0.1) is 0 Å². The minimum atomic E-state index is -1.03. The normalized spacial score (nSPS) is 22.4. The number of benzene rings is 1. The Balaban J connectivity index is 1.49. The zero-order valence-corrected chi connectivity index (χ0v) is 15.8. The Morgan fingerprint density at radius 2 is 2.17 bits per heavy atom. The average molecular weight is 392 g/mol. The van der Waals surface area contributed by atoms with Gasteiger partial charge in [-0.2, -0.15) is 0 Å². The topological polar surface area (TPSA) is 139 Å². The molecule has 0 unspecified atom stereocenters. The summed E-state index contributed by atoms with van der Waals surface area (Å²) in [5.74, 6) is 0.186. The Bertz CT molecular complexity index is 1230. The van der Waals surface area contributed by atoms with Crippen molar-refractivity contribution in [3.05, 3.63) is 42.7 Å². The summed E-state index contributed by atoms with van der Waals surface area (Å²) in [5.41, 5.74) is 8.07. The van der Waals surface area contributed by atoms with Crippen LogP contribution >= 0.6 is 0 Å². The first kappa shape index (κ1) is 17.6. The largest absolute Gasteiger partial charge is 0.388 e. The predicted octanol–water partition coefficient (Wildman–Crippen LogP) is 1.12. The molecular formula is C19H20N8O2. The number of H-pyrrole nitrogens is 1. The predicted molar refractivity (Wildman–Crippen MR) is 106 cm³/mol. The van der Waals surface area contributed by atoms with E-state index in [-0.39, 0.29) is 11.7 Å². The van der Waals surface area contributed by atoms with Gasteiger partial charge in [0.2, 0.25) is 0 Å². The van der Waals surface area contributed by atoms with Crippen molar-refractivity contribution in [3.8, 4) is 0 Å². The molecule has 1 amide bonds. The maximum absolute atomic E-state index is 13.1. The highest BCUT2D eigenvalue weighted by Crippen LogP contribution is 2.34. The van der Waals surface area contributed by atoms with Gasteiger partial charge in [-0.1, -0.05) is 0 Å². The number of imidazole rings is 2. The van der Waals surface area contributed by atoms with Crippen molar-refractivity contribution in [1.29, 1.82) is 0 Å². The molecule has 0 saturated carbocycles. The van der Waals surface area contributed by atoms with E-state index in [1.54, 1.807) is 41.2 Å². The summed E-state index contributed by atoms with van der Waals surface area (Å²) >= 11 is 0. The van der Waals surface area contributed by atoms with Gasteiger partial charge in [0.05, 0.1) is 35.3 Å². The van der Waals surface area contributed by atoms with Crippen molar-refractivity contribution in [3.63, 3.8) is 0 Å². The van der Waals surface area contributed by atoms with Crippen LogP contribution in [0.3, 0.4) is 0 Å². The molecule has 29 heavy (non-hydrogen) atoms. The van der Waals surface area contributed by atoms with Crippen LogP contribution < -0.4 is 5.73 Å². The molecule has 1 aromatic carbocycles. The zero-order valence-electron chi connectivity index (χ0n) is 15.8. The maximum Gasteiger partial charge on any atom is 0.254 e. The minimum absolute atomic E-state index is 0.0967. The number of carbonyl (C=O) groups is 1. The first-order valence-corrected chi connectivity index (χ1v) is 9.32. The van der Waals surface area contributed by atoms with Crippen LogP contribution in [0.1, 0.15) is 29.7 Å². The molecule has 4 heterocycles. The first-order valence-electron chi connectivity index (χ1n) is 9.32. The molecule has 0 spiro atoms. The highest BCUT2D eigenvalue weighted by Gasteiger charge is 2.41. The van der Waals surface area contributed by atoms with E-state index in [0.717, 1.165) is 11.0 Å². The van der Waals surface area contributed by atoms with Gasteiger partial charge >= 0.3 is 0 Å². The molecule has 2 atom stereocenters. The summed E-state index contributed by atoms with van der Waals surface area (Å²) in [6.07, 6.45) is 5.00. The second kappa shape index (κ2) is 6.24. The van der Waals surface area contributed by atoms with E-state index in [4.69, 9.17) is 5.73 Å². The molecule has 5 rings (SSSR count). The molecule has 1 saturated heterocycles. The molecule has 1 fully saturated rings. The number of aliphatic hydroxyl groups is 1. The lowest BCUT2D eigenvalue weighted by molar-refractivity contribution is -0.0433. The summed E-state index contributed by atoms with van der Waals surface area (Å²) in [5, 5.41) is 11.0. The van der Waals surface area contributed by atoms with Gasteiger partial charge in [-0.3, -0.25) is 4.79 Å². The molecule has 3 aromatic heterocycles. The number of fused-ring (bicyclic) bond motifs is 2. The third kappa shape index (κ3) is 2.80. The number of aromatic nitrogens is 6. The third-order valence-electron chi connectivity index (χ3n) is 5.68. The summed E-state index contributed by atoms with van der Waals surface area (Å²) in [6.45, 7) is 2.54. The zero-order chi connectivity index (χ0) is 20.2. The second-order valence-corrected chi connectivity index (χ2v) is 7.59. The monoisotopic (exact) mass is 392 g/mol. The van der Waals surface area contributed by atoms with Crippen molar-refractivity contribution in [2.45, 2.75) is 25.0 Å². The SMILES string of the molecule is C[C@@]1(O)CCN(C(=O)c2ccc3nc[nH]c3c2)C[C@H]1n1cnc2c(N)ncnc21. The standard InChI is InChI=1S/C19H20N8O2/c1-19(29)4-5-26(18(28)11-2-3-12-13(6-11)22-8-21-12)7-14(19)27-10-25-15-16(20)23-9-24-17(15)27/h2-3,6,8-10,14,29H,4-5,7H2,1H3,(H,21,22)(H2,20,23,24)/t14-,19-/m1/s1. The number of nitrogens with two attached hydrogens (primary N) is 1. The number of hydrogen-bond donors (Lipinski definition) is 3. The molecule has 10 nitrogen and oxygen atoms in total. The number of amides is 1. The second-order valence-electron chi connectivity index (χ2n) is 7.59. The number of rotatable bonds is 2. The lowest BCUT2D eigenvalue weighted by Crippen LogP contribution is -2.52. The van der Waals surface area contributed by atoms with Crippen molar-refractivity contribution in [2.75, 3.05) is 18.8 Å². The molecule has 0 bridgehead atoms. The van der Waals surface area contributed by atoms with Crippen molar-refractivity contribution >= 4 is 33.9 Å². The fourth-order valence-corrected chi connectivity index (χ4v) is 3.95. The average Bonchev–Trinajstić information content (AvgIpc) is 3.34. The van der Waals surface area contributed by atoms with Gasteiger partial charge in [-0.05, 0) is 31.5 Å². The Labute approximate surface area is 165 Å². The molecule has 0 aliphatic carbocycles. The Hall–Kier alpha value is -3.53. The number of hydrogen-bond acceptors (Lipinski definition) is 7. The molecule has 1 aliphatic rings. The number of nitrogens with zero attached hydrogens (tertiary/aromatic N) is 6. The summed E-state index contributed by atoms with van der Waals surface area (Å²) < 4.78 is 1.78. The van der Waals surface area contributed by atoms with Crippen LogP contribution in [-0.4, -0.2) is 64.1 Å². The van der Waals surface area contributed by atoms with Crippen LogP contribution in [0.5, 0.6) is 0 Å². The number of aromatic amines is 1. The minimum Gasteiger partial charge on any atom is -0.388 e. The lowest BCUT2D eigenvalue weighted by atomic mass is 9.87. The van der Waals surface area contributed by atoms with Crippen LogP contribution in [0.25, 0.3) is 22.2 Å². The van der Waals surface area contributed by atoms with E-state index in [1.165, 1.54) is 6.33 Å². The van der Waals surface area contributed by atoms with Crippen LogP contribution in [0.15, 0.2) is 37.2 Å². The van der Waals surface area contributed by atoms with E-state index < -0.39 is 11.6 Å². The first-order chi connectivity index (χ1) is 13.9. The van der Waals surface area contributed by atoms with Crippen molar-refractivity contribution in [1.82, 2.24) is 34.4 Å². The van der Waals surface area contributed by atoms with Gasteiger partial charge in [-0.25, -0.2) is 19.9 Å². The number of anilines is 1. The van der Waals surface area contributed by atoms with Crippen molar-refractivity contribution < 1.29 is 9.90 Å². The van der Waals surface area contributed by atoms with E-state index >= 15 is 0 Å². The summed E-state index contributed by atoms with van der Waals surface area (Å²) in [4.78, 5) is 34.7. The van der Waals surface area contributed by atoms with Gasteiger partial charge < -0.3 is 25.3 Å². The lowest BCUT2D eigenvalue weighted by Gasteiger charge is -2.43. The summed E-state index contributed by atoms with van der Waals surface area (Å²) in [7, 11) is 0. The third-order valence-corrected chi connectivity index (χ3v) is 5.68. The quantitative estimate of drug-likeness (QED) is 0.464. The summed E-state index contributed by atoms with van der Waals surface area (Å²) in [6, 6.07) is 4.97. The molecule has 4 N–H and O–H groups in total. The highest BCUT2D eigenvalue weighted by atomic mass is 16.3. The molecule has 10 heteroatoms. The number of carbonyl (C=O) groups excluding carboxylic acids is 1. The van der Waals surface area contributed by atoms with Gasteiger partial charge in [0.1, 0.15) is 11.8 Å². The Kier molecular flexibility index (Phi) is 3.78. The number of likely N-dealkylation sites (tertiary alicyclic amines) is 1. The Morgan fingerprint density at radius 3 is 3.03 bits per heavy atom. The van der Waals surface area contributed by atoms with Gasteiger partial charge in [0, 0.05) is 18.7 Å². The fourth-order valence-electron chi connectivity index (χ4n) is 3.95. The number of nitrogens with one attached hydrogen (secondary N) is 1.